The molecule has 0 saturated heterocycles. The lowest BCUT2D eigenvalue weighted by Crippen LogP contribution is -2.10. The zero-order valence-electron chi connectivity index (χ0n) is 8.99. The molecule has 0 N–H and O–H groups in total. The molecule has 0 fully saturated rings. The Kier molecular flexibility index (Phi) is 3.01. The molecule has 1 heterocycles. The average molecular weight is 283 g/mol. The van der Waals surface area contributed by atoms with Crippen LogP contribution in [0.25, 0.3) is 11.0 Å². The number of furan rings is 1. The van der Waals surface area contributed by atoms with Crippen LogP contribution >= 0.6 is 15.9 Å². The summed E-state index contributed by atoms with van der Waals surface area (Å²) in [7, 11) is 0. The van der Waals surface area contributed by atoms with E-state index in [4.69, 9.17) is 9.15 Å². The second-order valence-corrected chi connectivity index (χ2v) is 4.57. The zero-order chi connectivity index (χ0) is 11.7. The fourth-order valence-corrected chi connectivity index (χ4v) is 1.86. The maximum absolute atomic E-state index is 11.6. The molecule has 2 aromatic rings. The monoisotopic (exact) mass is 282 g/mol. The van der Waals surface area contributed by atoms with Crippen molar-refractivity contribution in [2.45, 2.75) is 20.0 Å². The van der Waals surface area contributed by atoms with Crippen molar-refractivity contribution < 1.29 is 13.9 Å². The van der Waals surface area contributed by atoms with Gasteiger partial charge < -0.3 is 9.15 Å². The van der Waals surface area contributed by atoms with Crippen LogP contribution in [0.5, 0.6) is 0 Å². The summed E-state index contributed by atoms with van der Waals surface area (Å²) in [5.74, 6) is -0.200. The third kappa shape index (κ3) is 2.11. The standard InChI is InChI=1S/C12H11BrO3/c1-7(2)15-12(14)11-6-8-9(13)4-3-5-10(8)16-11/h3-7H,1-2H3. The second-order valence-electron chi connectivity index (χ2n) is 3.72. The van der Waals surface area contributed by atoms with Gasteiger partial charge in [-0.1, -0.05) is 22.0 Å². The van der Waals surface area contributed by atoms with Crippen molar-refractivity contribution in [3.05, 3.63) is 34.5 Å². The molecule has 0 bridgehead atoms. The summed E-state index contributed by atoms with van der Waals surface area (Å²) in [5, 5.41) is 0.873. The fourth-order valence-electron chi connectivity index (χ4n) is 1.40. The summed E-state index contributed by atoms with van der Waals surface area (Å²) < 4.78 is 11.4. The van der Waals surface area contributed by atoms with Gasteiger partial charge in [0.1, 0.15) is 5.58 Å². The summed E-state index contributed by atoms with van der Waals surface area (Å²) in [4.78, 5) is 11.6. The number of carbonyl (C=O) groups excluding carboxylic acids is 1. The Morgan fingerprint density at radius 3 is 2.81 bits per heavy atom. The number of rotatable bonds is 2. The van der Waals surface area contributed by atoms with Gasteiger partial charge in [0, 0.05) is 15.9 Å². The number of halogens is 1. The first-order valence-electron chi connectivity index (χ1n) is 4.97. The molecular weight excluding hydrogens is 272 g/mol. The molecule has 0 saturated carbocycles. The first-order chi connectivity index (χ1) is 7.58. The van der Waals surface area contributed by atoms with Crippen molar-refractivity contribution in [1.29, 1.82) is 0 Å². The Balaban J connectivity index is 2.40. The quantitative estimate of drug-likeness (QED) is 0.788. The van der Waals surface area contributed by atoms with Crippen molar-refractivity contribution in [3.63, 3.8) is 0 Å². The van der Waals surface area contributed by atoms with Crippen molar-refractivity contribution in [2.24, 2.45) is 0 Å². The van der Waals surface area contributed by atoms with E-state index in [1.165, 1.54) is 0 Å². The number of esters is 1. The van der Waals surface area contributed by atoms with Crippen LogP contribution in [-0.4, -0.2) is 12.1 Å². The van der Waals surface area contributed by atoms with Crippen LogP contribution in [0.15, 0.2) is 33.2 Å². The molecule has 0 unspecified atom stereocenters. The summed E-state index contributed by atoms with van der Waals surface area (Å²) in [6, 6.07) is 7.25. The Hall–Kier alpha value is -1.29. The number of carbonyl (C=O) groups is 1. The first-order valence-corrected chi connectivity index (χ1v) is 5.76. The number of hydrogen-bond acceptors (Lipinski definition) is 3. The number of benzene rings is 1. The normalized spacial score (nSPS) is 11.0. The van der Waals surface area contributed by atoms with Gasteiger partial charge in [0.25, 0.3) is 0 Å². The molecule has 16 heavy (non-hydrogen) atoms. The third-order valence-electron chi connectivity index (χ3n) is 2.05. The fraction of sp³-hybridized carbons (Fsp3) is 0.250. The van der Waals surface area contributed by atoms with E-state index >= 15 is 0 Å². The van der Waals surface area contributed by atoms with Gasteiger partial charge in [-0.15, -0.1) is 0 Å². The van der Waals surface area contributed by atoms with Crippen molar-refractivity contribution in [3.8, 4) is 0 Å². The number of ether oxygens (including phenoxy) is 1. The molecule has 0 atom stereocenters. The first kappa shape index (κ1) is 11.2. The van der Waals surface area contributed by atoms with Gasteiger partial charge >= 0.3 is 5.97 Å². The SMILES string of the molecule is CC(C)OC(=O)c1cc2c(Br)cccc2o1. The van der Waals surface area contributed by atoms with Crippen molar-refractivity contribution in [1.82, 2.24) is 0 Å². The van der Waals surface area contributed by atoms with Crippen LogP contribution < -0.4 is 0 Å². The van der Waals surface area contributed by atoms with E-state index in [9.17, 15) is 4.79 Å². The smallest absolute Gasteiger partial charge is 0.374 e. The Bertz CT molecular complexity index is 528. The van der Waals surface area contributed by atoms with Gasteiger partial charge in [-0.05, 0) is 26.0 Å². The Morgan fingerprint density at radius 2 is 2.19 bits per heavy atom. The summed E-state index contributed by atoms with van der Waals surface area (Å²) in [6.07, 6.45) is -0.149. The van der Waals surface area contributed by atoms with Crippen LogP contribution in [0, 0.1) is 0 Å². The highest BCUT2D eigenvalue weighted by atomic mass is 79.9. The lowest BCUT2D eigenvalue weighted by Gasteiger charge is -2.04. The molecule has 0 spiro atoms. The molecule has 0 aliphatic rings. The topological polar surface area (TPSA) is 39.4 Å². The maximum Gasteiger partial charge on any atom is 0.374 e. The van der Waals surface area contributed by atoms with Gasteiger partial charge in [0.05, 0.1) is 6.10 Å². The van der Waals surface area contributed by atoms with E-state index in [0.717, 1.165) is 9.86 Å². The van der Waals surface area contributed by atoms with Crippen LogP contribution in [0.2, 0.25) is 0 Å². The predicted octanol–water partition coefficient (Wildman–Crippen LogP) is 3.76. The van der Waals surface area contributed by atoms with Gasteiger partial charge in [0.15, 0.2) is 0 Å². The number of fused-ring (bicyclic) bond motifs is 1. The molecule has 0 aliphatic carbocycles. The lowest BCUT2D eigenvalue weighted by atomic mass is 10.2. The molecule has 1 aromatic heterocycles. The van der Waals surface area contributed by atoms with E-state index in [0.29, 0.717) is 5.58 Å². The molecule has 4 heteroatoms. The van der Waals surface area contributed by atoms with E-state index in [1.807, 2.05) is 18.2 Å². The van der Waals surface area contributed by atoms with Crippen molar-refractivity contribution in [2.75, 3.05) is 0 Å². The molecule has 0 amide bonds. The summed E-state index contributed by atoms with van der Waals surface area (Å²) in [5.41, 5.74) is 0.671. The molecule has 2 rings (SSSR count). The minimum Gasteiger partial charge on any atom is -0.457 e. The average Bonchev–Trinajstić information content (AvgIpc) is 2.61. The minimum atomic E-state index is -0.432. The van der Waals surface area contributed by atoms with E-state index in [-0.39, 0.29) is 11.9 Å². The van der Waals surface area contributed by atoms with Crippen molar-refractivity contribution >= 4 is 32.9 Å². The maximum atomic E-state index is 11.6. The third-order valence-corrected chi connectivity index (χ3v) is 2.74. The zero-order valence-corrected chi connectivity index (χ0v) is 10.6. The summed E-state index contributed by atoms with van der Waals surface area (Å²) >= 11 is 3.40. The summed E-state index contributed by atoms with van der Waals surface area (Å²) in [6.45, 7) is 3.60. The highest BCUT2D eigenvalue weighted by Gasteiger charge is 2.15. The predicted molar refractivity (Wildman–Crippen MR) is 64.5 cm³/mol. The largest absolute Gasteiger partial charge is 0.457 e. The van der Waals surface area contributed by atoms with Gasteiger partial charge in [0.2, 0.25) is 5.76 Å². The Labute approximate surface area is 102 Å². The van der Waals surface area contributed by atoms with Crippen LogP contribution in [0.3, 0.4) is 0 Å². The molecule has 0 aliphatic heterocycles. The van der Waals surface area contributed by atoms with E-state index in [1.54, 1.807) is 19.9 Å². The molecule has 1 aromatic carbocycles. The second kappa shape index (κ2) is 4.29. The lowest BCUT2D eigenvalue weighted by molar-refractivity contribution is 0.0344. The molecule has 3 nitrogen and oxygen atoms in total. The highest BCUT2D eigenvalue weighted by molar-refractivity contribution is 9.10. The van der Waals surface area contributed by atoms with Gasteiger partial charge in [-0.3, -0.25) is 0 Å². The Morgan fingerprint density at radius 1 is 1.44 bits per heavy atom. The number of hydrogen-bond donors (Lipinski definition) is 0. The van der Waals surface area contributed by atoms with Crippen LogP contribution in [0.1, 0.15) is 24.4 Å². The van der Waals surface area contributed by atoms with E-state index in [2.05, 4.69) is 15.9 Å². The van der Waals surface area contributed by atoms with Gasteiger partial charge in [-0.25, -0.2) is 4.79 Å². The highest BCUT2D eigenvalue weighted by Crippen LogP contribution is 2.27. The molecule has 0 radical (unpaired) electrons. The molecular formula is C12H11BrO3. The van der Waals surface area contributed by atoms with Crippen LogP contribution in [0.4, 0.5) is 0 Å². The minimum absolute atomic E-state index is 0.149. The van der Waals surface area contributed by atoms with Crippen LogP contribution in [-0.2, 0) is 4.74 Å². The van der Waals surface area contributed by atoms with E-state index < -0.39 is 5.97 Å². The van der Waals surface area contributed by atoms with Gasteiger partial charge in [-0.2, -0.15) is 0 Å². The molecule has 84 valence electrons.